The smallest absolute Gasteiger partial charge is 0.340 e. The molecular weight excluding hydrogens is 336 g/mol. The van der Waals surface area contributed by atoms with Crippen LogP contribution in [-0.4, -0.2) is 58.5 Å². The first-order valence-electron chi connectivity index (χ1n) is 8.72. The van der Waals surface area contributed by atoms with Crippen LogP contribution in [0.1, 0.15) is 17.8 Å². The summed E-state index contributed by atoms with van der Waals surface area (Å²) in [6.07, 6.45) is 0.916. The summed E-state index contributed by atoms with van der Waals surface area (Å²) in [5, 5.41) is 11.4. The molecule has 26 heavy (non-hydrogen) atoms. The lowest BCUT2D eigenvalue weighted by molar-refractivity contribution is 0.0550. The number of rotatable bonds is 6. The van der Waals surface area contributed by atoms with Crippen LogP contribution in [0.15, 0.2) is 35.1 Å². The zero-order chi connectivity index (χ0) is 18.2. The lowest BCUT2D eigenvalue weighted by Gasteiger charge is -2.24. The first-order chi connectivity index (χ1) is 12.7. The van der Waals surface area contributed by atoms with Gasteiger partial charge in [0, 0.05) is 32.8 Å². The number of ether oxygens (including phenoxy) is 1. The largest absolute Gasteiger partial charge is 0.375 e. The normalized spacial score (nSPS) is 18.2. The number of H-pyrrole nitrogens is 2. The fraction of sp³-hybridized carbons (Fsp3) is 0.471. The topological polar surface area (TPSA) is 115 Å². The lowest BCUT2D eigenvalue weighted by Crippen LogP contribution is -2.43. The zero-order valence-corrected chi connectivity index (χ0v) is 14.5. The van der Waals surface area contributed by atoms with Gasteiger partial charge in [-0.25, -0.2) is 14.7 Å². The van der Waals surface area contributed by atoms with E-state index in [1.54, 1.807) is 0 Å². The van der Waals surface area contributed by atoms with Crippen molar-refractivity contribution in [2.45, 2.75) is 25.6 Å². The van der Waals surface area contributed by atoms with Crippen molar-refractivity contribution in [1.29, 1.82) is 0 Å². The first kappa shape index (κ1) is 18.2. The van der Waals surface area contributed by atoms with Gasteiger partial charge in [0.1, 0.15) is 5.82 Å². The van der Waals surface area contributed by atoms with E-state index in [1.165, 1.54) is 5.56 Å². The van der Waals surface area contributed by atoms with Gasteiger partial charge in [-0.2, -0.15) is 5.10 Å². The number of aromatic amines is 2. The molecule has 1 aliphatic rings. The predicted octanol–water partition coefficient (Wildman–Crippen LogP) is 0.188. The Morgan fingerprint density at radius 3 is 2.92 bits per heavy atom. The Morgan fingerprint density at radius 1 is 1.31 bits per heavy atom. The third-order valence-corrected chi connectivity index (χ3v) is 4.14. The molecule has 9 nitrogen and oxygen atoms in total. The first-order valence-corrected chi connectivity index (χ1v) is 8.72. The summed E-state index contributed by atoms with van der Waals surface area (Å²) in [5.41, 5.74) is 0.874. The van der Waals surface area contributed by atoms with Gasteiger partial charge in [0.2, 0.25) is 0 Å². The van der Waals surface area contributed by atoms with Crippen molar-refractivity contribution in [3.8, 4) is 0 Å². The standard InChI is InChI=1S/C17H24N6O3/c24-16(19-10-15-20-17(25)22-21-15)18-9-14-12-23(7-4-8-26-14)11-13-5-2-1-3-6-13/h1-3,5-6,14H,4,7-12H2,(H2,18,19,24)(H2,20,21,22,25). The molecule has 1 aromatic heterocycles. The van der Waals surface area contributed by atoms with Gasteiger partial charge >= 0.3 is 11.7 Å². The second kappa shape index (κ2) is 9.16. The summed E-state index contributed by atoms with van der Waals surface area (Å²) >= 11 is 0. The van der Waals surface area contributed by atoms with Gasteiger partial charge in [-0.15, -0.1) is 0 Å². The van der Waals surface area contributed by atoms with Crippen LogP contribution in [0.25, 0.3) is 0 Å². The highest BCUT2D eigenvalue weighted by atomic mass is 16.5. The summed E-state index contributed by atoms with van der Waals surface area (Å²) in [5.74, 6) is 0.380. The molecule has 2 amide bonds. The average molecular weight is 360 g/mol. The van der Waals surface area contributed by atoms with E-state index in [4.69, 9.17) is 4.74 Å². The molecule has 3 rings (SSSR count). The molecule has 9 heteroatoms. The number of nitrogens with one attached hydrogen (secondary N) is 4. The van der Waals surface area contributed by atoms with Gasteiger partial charge in [-0.05, 0) is 12.0 Å². The van der Waals surface area contributed by atoms with E-state index in [9.17, 15) is 9.59 Å². The molecule has 1 atom stereocenters. The van der Waals surface area contributed by atoms with Crippen LogP contribution in [0, 0.1) is 0 Å². The van der Waals surface area contributed by atoms with Crippen molar-refractivity contribution < 1.29 is 9.53 Å². The van der Waals surface area contributed by atoms with Crippen LogP contribution < -0.4 is 16.3 Å². The molecule has 0 saturated carbocycles. The maximum atomic E-state index is 11.9. The Bertz CT molecular complexity index is 744. The second-order valence-corrected chi connectivity index (χ2v) is 6.26. The number of carbonyl (C=O) groups excluding carboxylic acids is 1. The zero-order valence-electron chi connectivity index (χ0n) is 14.5. The highest BCUT2D eigenvalue weighted by molar-refractivity contribution is 5.73. The average Bonchev–Trinajstić information content (AvgIpc) is 2.93. The van der Waals surface area contributed by atoms with Gasteiger partial charge < -0.3 is 15.4 Å². The van der Waals surface area contributed by atoms with Crippen LogP contribution in [0.5, 0.6) is 0 Å². The molecular formula is C17H24N6O3. The highest BCUT2D eigenvalue weighted by Gasteiger charge is 2.19. The predicted molar refractivity (Wildman–Crippen MR) is 95.5 cm³/mol. The van der Waals surface area contributed by atoms with Crippen LogP contribution in [0.4, 0.5) is 4.79 Å². The van der Waals surface area contributed by atoms with Gasteiger partial charge in [-0.3, -0.25) is 9.88 Å². The Labute approximate surface area is 151 Å². The summed E-state index contributed by atoms with van der Waals surface area (Å²) in [6, 6.07) is 10.0. The van der Waals surface area contributed by atoms with Crippen molar-refractivity contribution in [2.75, 3.05) is 26.2 Å². The molecule has 0 bridgehead atoms. The summed E-state index contributed by atoms with van der Waals surface area (Å²) < 4.78 is 5.84. The molecule has 1 unspecified atom stereocenters. The SMILES string of the molecule is O=C(NCc1n[nH]c(=O)[nH]1)NCC1CN(Cc2ccccc2)CCCO1. The molecule has 0 radical (unpaired) electrons. The maximum absolute atomic E-state index is 11.9. The minimum Gasteiger partial charge on any atom is -0.375 e. The molecule has 4 N–H and O–H groups in total. The van der Waals surface area contributed by atoms with Gasteiger partial charge in [0.15, 0.2) is 0 Å². The third-order valence-electron chi connectivity index (χ3n) is 4.14. The second-order valence-electron chi connectivity index (χ2n) is 6.26. The monoisotopic (exact) mass is 360 g/mol. The molecule has 0 spiro atoms. The quantitative estimate of drug-likeness (QED) is 0.587. The van der Waals surface area contributed by atoms with Crippen molar-refractivity contribution in [3.63, 3.8) is 0 Å². The van der Waals surface area contributed by atoms with Crippen LogP contribution in [0.3, 0.4) is 0 Å². The number of aromatic nitrogens is 3. The van der Waals surface area contributed by atoms with E-state index in [-0.39, 0.29) is 18.7 Å². The third kappa shape index (κ3) is 5.71. The van der Waals surface area contributed by atoms with Gasteiger partial charge in [0.05, 0.1) is 12.6 Å². The van der Waals surface area contributed by atoms with Crippen LogP contribution >= 0.6 is 0 Å². The summed E-state index contributed by atoms with van der Waals surface area (Å²) in [6.45, 7) is 3.88. The Morgan fingerprint density at radius 2 is 2.15 bits per heavy atom. The van der Waals surface area contributed by atoms with Crippen molar-refractivity contribution in [2.24, 2.45) is 0 Å². The molecule has 140 valence electrons. The molecule has 1 aromatic carbocycles. The Balaban J connectivity index is 1.42. The van der Waals surface area contributed by atoms with E-state index in [1.807, 2.05) is 18.2 Å². The van der Waals surface area contributed by atoms with Crippen LogP contribution in [0.2, 0.25) is 0 Å². The molecule has 1 saturated heterocycles. The minimum absolute atomic E-state index is 0.0582. The van der Waals surface area contributed by atoms with E-state index < -0.39 is 5.69 Å². The summed E-state index contributed by atoms with van der Waals surface area (Å²) in [4.78, 5) is 27.7. The number of urea groups is 1. The van der Waals surface area contributed by atoms with Crippen LogP contribution in [-0.2, 0) is 17.8 Å². The molecule has 1 aliphatic heterocycles. The van der Waals surface area contributed by atoms with E-state index in [0.717, 1.165) is 26.1 Å². The number of carbonyl (C=O) groups is 1. The fourth-order valence-corrected chi connectivity index (χ4v) is 2.90. The van der Waals surface area contributed by atoms with Crippen molar-refractivity contribution >= 4 is 6.03 Å². The number of nitrogens with zero attached hydrogens (tertiary/aromatic N) is 2. The summed E-state index contributed by atoms with van der Waals surface area (Å²) in [7, 11) is 0. The van der Waals surface area contributed by atoms with Crippen molar-refractivity contribution in [1.82, 2.24) is 30.7 Å². The molecule has 2 heterocycles. The lowest BCUT2D eigenvalue weighted by atomic mass is 10.2. The van der Waals surface area contributed by atoms with E-state index in [0.29, 0.717) is 19.0 Å². The van der Waals surface area contributed by atoms with Crippen molar-refractivity contribution in [3.05, 3.63) is 52.2 Å². The number of hydrogen-bond donors (Lipinski definition) is 4. The van der Waals surface area contributed by atoms with E-state index in [2.05, 4.69) is 42.8 Å². The Hall–Kier alpha value is -2.65. The molecule has 2 aromatic rings. The number of hydrogen-bond acceptors (Lipinski definition) is 5. The van der Waals surface area contributed by atoms with E-state index >= 15 is 0 Å². The van der Waals surface area contributed by atoms with Gasteiger partial charge in [-0.1, -0.05) is 30.3 Å². The number of benzene rings is 1. The highest BCUT2D eigenvalue weighted by Crippen LogP contribution is 2.10. The molecule has 0 aliphatic carbocycles. The maximum Gasteiger partial charge on any atom is 0.340 e. The van der Waals surface area contributed by atoms with Gasteiger partial charge in [0.25, 0.3) is 0 Å². The number of amides is 2. The Kier molecular flexibility index (Phi) is 6.39. The fourth-order valence-electron chi connectivity index (χ4n) is 2.90. The molecule has 1 fully saturated rings. The minimum atomic E-state index is -0.396.